The van der Waals surface area contributed by atoms with E-state index in [1.807, 2.05) is 0 Å². The third kappa shape index (κ3) is 4.54. The van der Waals surface area contributed by atoms with E-state index in [4.69, 9.17) is 9.47 Å². The molecular formula is C23H34N2O4S. The zero-order chi connectivity index (χ0) is 20.6. The van der Waals surface area contributed by atoms with Crippen molar-refractivity contribution in [3.63, 3.8) is 0 Å². The molecule has 2 aliphatic carbocycles. The predicted molar refractivity (Wildman–Crippen MR) is 116 cm³/mol. The highest BCUT2D eigenvalue weighted by molar-refractivity contribution is 7.90. The summed E-state index contributed by atoms with van der Waals surface area (Å²) in [5, 5.41) is -0.182. The fourth-order valence-electron chi connectivity index (χ4n) is 5.45. The summed E-state index contributed by atoms with van der Waals surface area (Å²) in [6.45, 7) is 2.97. The van der Waals surface area contributed by atoms with Crippen molar-refractivity contribution in [1.82, 2.24) is 9.62 Å². The first-order chi connectivity index (χ1) is 14.6. The lowest BCUT2D eigenvalue weighted by Gasteiger charge is -2.42. The Morgan fingerprint density at radius 1 is 0.967 bits per heavy atom. The largest absolute Gasteiger partial charge is 0.492 e. The van der Waals surface area contributed by atoms with Crippen LogP contribution in [0.4, 0.5) is 0 Å². The van der Waals surface area contributed by atoms with Crippen LogP contribution in [0.2, 0.25) is 0 Å². The van der Waals surface area contributed by atoms with Crippen molar-refractivity contribution in [3.8, 4) is 5.75 Å². The number of nitrogens with one attached hydrogen (secondary N) is 1. The molecule has 0 amide bonds. The van der Waals surface area contributed by atoms with E-state index in [-0.39, 0.29) is 23.4 Å². The molecule has 6 rings (SSSR count). The average Bonchev–Trinajstić information content (AvgIpc) is 3.59. The molecule has 5 aliphatic rings. The minimum atomic E-state index is -3.21. The van der Waals surface area contributed by atoms with Gasteiger partial charge in [-0.2, -0.15) is 0 Å². The summed E-state index contributed by atoms with van der Waals surface area (Å²) >= 11 is 0. The molecule has 0 unspecified atom stereocenters. The van der Waals surface area contributed by atoms with Crippen molar-refractivity contribution in [2.45, 2.75) is 80.7 Å². The lowest BCUT2D eigenvalue weighted by atomic mass is 9.82. The molecule has 1 aromatic rings. The normalized spacial score (nSPS) is 33.3. The number of para-hydroxylation sites is 1. The quantitative estimate of drug-likeness (QED) is 0.792. The zero-order valence-electron chi connectivity index (χ0n) is 17.7. The summed E-state index contributed by atoms with van der Waals surface area (Å²) in [7, 11) is -3.21. The van der Waals surface area contributed by atoms with Crippen LogP contribution in [0.5, 0.6) is 5.75 Å². The van der Waals surface area contributed by atoms with Crippen LogP contribution in [-0.4, -0.2) is 63.1 Å². The molecule has 2 saturated carbocycles. The van der Waals surface area contributed by atoms with Crippen LogP contribution in [0.1, 0.15) is 62.8 Å². The molecule has 30 heavy (non-hydrogen) atoms. The Morgan fingerprint density at radius 2 is 1.77 bits per heavy atom. The van der Waals surface area contributed by atoms with Crippen LogP contribution >= 0.6 is 0 Å². The van der Waals surface area contributed by atoms with E-state index in [1.165, 1.54) is 5.56 Å². The van der Waals surface area contributed by atoms with Gasteiger partial charge in [0, 0.05) is 18.6 Å². The minimum absolute atomic E-state index is 0.0712. The molecule has 0 radical (unpaired) electrons. The van der Waals surface area contributed by atoms with E-state index >= 15 is 0 Å². The molecule has 166 valence electrons. The summed E-state index contributed by atoms with van der Waals surface area (Å²) in [5.74, 6) is 1.56. The van der Waals surface area contributed by atoms with Gasteiger partial charge in [0.2, 0.25) is 10.0 Å². The second-order valence-corrected chi connectivity index (χ2v) is 11.4. The SMILES string of the molecule is O=S(=O)(N[C@H]1CCCN2CCOc3ccccc3C3CCC(CC3)OC[C@@H]12)C1CC1. The van der Waals surface area contributed by atoms with Gasteiger partial charge in [0.1, 0.15) is 12.4 Å². The maximum Gasteiger partial charge on any atom is 0.214 e. The molecule has 3 fully saturated rings. The van der Waals surface area contributed by atoms with Gasteiger partial charge in [0.05, 0.1) is 18.0 Å². The molecule has 3 aliphatic heterocycles. The topological polar surface area (TPSA) is 67.9 Å². The monoisotopic (exact) mass is 434 g/mol. The van der Waals surface area contributed by atoms with Gasteiger partial charge >= 0.3 is 0 Å². The Balaban J connectivity index is 1.35. The Morgan fingerprint density at radius 3 is 2.57 bits per heavy atom. The van der Waals surface area contributed by atoms with Gasteiger partial charge in [0.15, 0.2) is 0 Å². The molecule has 2 bridgehead atoms. The van der Waals surface area contributed by atoms with Crippen LogP contribution in [0.15, 0.2) is 24.3 Å². The number of hydrogen-bond acceptors (Lipinski definition) is 5. The first-order valence-corrected chi connectivity index (χ1v) is 13.2. The van der Waals surface area contributed by atoms with Crippen LogP contribution in [0.3, 0.4) is 0 Å². The lowest BCUT2D eigenvalue weighted by Crippen LogP contribution is -2.58. The fraction of sp³-hybridized carbons (Fsp3) is 0.739. The van der Waals surface area contributed by atoms with Gasteiger partial charge in [-0.05, 0) is 75.5 Å². The van der Waals surface area contributed by atoms with Gasteiger partial charge in [-0.25, -0.2) is 13.1 Å². The molecule has 0 spiro atoms. The van der Waals surface area contributed by atoms with Crippen LogP contribution in [-0.2, 0) is 14.8 Å². The average molecular weight is 435 g/mol. The molecule has 1 saturated heterocycles. The Bertz CT molecular complexity index is 833. The third-order valence-electron chi connectivity index (χ3n) is 7.34. The molecule has 7 heteroatoms. The first-order valence-electron chi connectivity index (χ1n) is 11.7. The molecule has 3 heterocycles. The summed E-state index contributed by atoms with van der Waals surface area (Å²) in [6.07, 6.45) is 8.11. The molecule has 0 aromatic heterocycles. The minimum Gasteiger partial charge on any atom is -0.492 e. The smallest absolute Gasteiger partial charge is 0.214 e. The lowest BCUT2D eigenvalue weighted by molar-refractivity contribution is -0.0284. The van der Waals surface area contributed by atoms with Crippen molar-refractivity contribution in [1.29, 1.82) is 0 Å². The Labute approximate surface area is 180 Å². The summed E-state index contributed by atoms with van der Waals surface area (Å²) in [4.78, 5) is 2.39. The number of rotatable bonds is 3. The maximum absolute atomic E-state index is 12.6. The third-order valence-corrected chi connectivity index (χ3v) is 9.32. The van der Waals surface area contributed by atoms with E-state index in [9.17, 15) is 8.42 Å². The van der Waals surface area contributed by atoms with E-state index < -0.39 is 10.0 Å². The highest BCUT2D eigenvalue weighted by Gasteiger charge is 2.41. The van der Waals surface area contributed by atoms with Crippen molar-refractivity contribution in [2.24, 2.45) is 0 Å². The van der Waals surface area contributed by atoms with Crippen LogP contribution in [0, 0.1) is 0 Å². The number of piperidine rings is 1. The maximum atomic E-state index is 12.6. The van der Waals surface area contributed by atoms with E-state index in [1.54, 1.807) is 0 Å². The van der Waals surface area contributed by atoms with Gasteiger partial charge in [-0.3, -0.25) is 4.90 Å². The Kier molecular flexibility index (Phi) is 6.06. The molecule has 1 aromatic carbocycles. The number of fused-ring (bicyclic) bond motifs is 5. The van der Waals surface area contributed by atoms with Gasteiger partial charge in [-0.1, -0.05) is 18.2 Å². The molecule has 6 nitrogen and oxygen atoms in total. The van der Waals surface area contributed by atoms with Crippen molar-refractivity contribution >= 4 is 10.0 Å². The number of nitrogens with zero attached hydrogens (tertiary/aromatic N) is 1. The van der Waals surface area contributed by atoms with Crippen molar-refractivity contribution in [2.75, 3.05) is 26.3 Å². The molecule has 1 N–H and O–H groups in total. The summed E-state index contributed by atoms with van der Waals surface area (Å²) in [6, 6.07) is 8.48. The van der Waals surface area contributed by atoms with Gasteiger partial charge in [0.25, 0.3) is 0 Å². The van der Waals surface area contributed by atoms with Crippen molar-refractivity contribution in [3.05, 3.63) is 29.8 Å². The van der Waals surface area contributed by atoms with E-state index in [2.05, 4.69) is 33.9 Å². The zero-order valence-corrected chi connectivity index (χ0v) is 18.5. The number of sulfonamides is 1. The van der Waals surface area contributed by atoms with Crippen LogP contribution in [0.25, 0.3) is 0 Å². The Hall–Kier alpha value is -1.15. The first kappa shape index (κ1) is 20.7. The molecule has 2 atom stereocenters. The summed E-state index contributed by atoms with van der Waals surface area (Å²) in [5.41, 5.74) is 1.33. The number of benzene rings is 1. The van der Waals surface area contributed by atoms with E-state index in [0.29, 0.717) is 19.1 Å². The highest BCUT2D eigenvalue weighted by atomic mass is 32.2. The van der Waals surface area contributed by atoms with Crippen molar-refractivity contribution < 1.29 is 17.9 Å². The summed E-state index contributed by atoms with van der Waals surface area (Å²) < 4.78 is 41.0. The second-order valence-electron chi connectivity index (χ2n) is 9.41. The number of ether oxygens (including phenoxy) is 2. The highest BCUT2D eigenvalue weighted by Crippen LogP contribution is 2.39. The molecular weight excluding hydrogens is 400 g/mol. The van der Waals surface area contributed by atoms with E-state index in [0.717, 1.165) is 70.2 Å². The standard InChI is InChI=1S/C23H34N2O4S/c26-30(27,19-11-12-19)24-21-5-3-13-25-14-15-28-23-6-2-1-4-20(23)17-7-9-18(10-8-17)29-16-22(21)25/h1-2,4,6,17-19,21-22,24H,3,5,7-16H2/t17?,18?,21-,22-/m0/s1. The van der Waals surface area contributed by atoms with Crippen LogP contribution < -0.4 is 9.46 Å². The fourth-order valence-corrected chi connectivity index (χ4v) is 7.09. The van der Waals surface area contributed by atoms with Gasteiger partial charge < -0.3 is 9.47 Å². The predicted octanol–water partition coefficient (Wildman–Crippen LogP) is 3.04. The number of hydrogen-bond donors (Lipinski definition) is 1. The van der Waals surface area contributed by atoms with Gasteiger partial charge in [-0.15, -0.1) is 0 Å². The second kappa shape index (κ2) is 8.77.